The third-order valence-corrected chi connectivity index (χ3v) is 3.96. The van der Waals surface area contributed by atoms with Crippen molar-refractivity contribution in [2.24, 2.45) is 11.8 Å². The smallest absolute Gasteiger partial charge is 0.330 e. The lowest BCUT2D eigenvalue weighted by atomic mass is 9.82. The Balaban J connectivity index is 2.70. The molecule has 1 rings (SSSR count). The van der Waals surface area contributed by atoms with Crippen molar-refractivity contribution in [2.45, 2.75) is 32.2 Å². The molecule has 7 nitrogen and oxygen atoms in total. The number of allylic oxidation sites excluding steroid dienone is 1. The second-order valence-corrected chi connectivity index (χ2v) is 5.48. The summed E-state index contributed by atoms with van der Waals surface area (Å²) in [6.45, 7) is 5.79. The molecule has 0 spiro atoms. The van der Waals surface area contributed by atoms with Crippen molar-refractivity contribution in [3.05, 3.63) is 23.8 Å². The molecular weight excluding hydrogens is 290 g/mol. The Morgan fingerprint density at radius 2 is 1.91 bits per heavy atom. The van der Waals surface area contributed by atoms with E-state index in [0.29, 0.717) is 19.4 Å². The van der Waals surface area contributed by atoms with E-state index < -0.39 is 29.9 Å². The van der Waals surface area contributed by atoms with Gasteiger partial charge in [0.25, 0.3) is 0 Å². The van der Waals surface area contributed by atoms with E-state index in [-0.39, 0.29) is 17.9 Å². The van der Waals surface area contributed by atoms with Crippen LogP contribution < -0.4 is 5.32 Å². The summed E-state index contributed by atoms with van der Waals surface area (Å²) < 4.78 is 0. The van der Waals surface area contributed by atoms with Gasteiger partial charge >= 0.3 is 17.9 Å². The van der Waals surface area contributed by atoms with Crippen LogP contribution in [0.3, 0.4) is 0 Å². The SMILES string of the molecule is C=C(CCC=C(C)C(=O)O)C1CNC(C(=O)O)C1CC(=O)O. The van der Waals surface area contributed by atoms with E-state index in [1.165, 1.54) is 6.92 Å². The van der Waals surface area contributed by atoms with E-state index >= 15 is 0 Å². The Bertz CT molecular complexity index is 510. The molecule has 0 aromatic heterocycles. The fraction of sp³-hybridized carbons (Fsp3) is 0.533. The van der Waals surface area contributed by atoms with Gasteiger partial charge in [0.1, 0.15) is 6.04 Å². The fourth-order valence-electron chi connectivity index (χ4n) is 2.72. The molecule has 0 aliphatic carbocycles. The highest BCUT2D eigenvalue weighted by molar-refractivity contribution is 5.85. The first-order chi connectivity index (χ1) is 10.2. The summed E-state index contributed by atoms with van der Waals surface area (Å²) in [4.78, 5) is 32.8. The third kappa shape index (κ3) is 4.70. The summed E-state index contributed by atoms with van der Waals surface area (Å²) in [6.07, 6.45) is 2.32. The van der Waals surface area contributed by atoms with Gasteiger partial charge in [-0.3, -0.25) is 9.59 Å². The number of carbonyl (C=O) groups is 3. The summed E-state index contributed by atoms with van der Waals surface area (Å²) in [6, 6.07) is -0.894. The van der Waals surface area contributed by atoms with Gasteiger partial charge in [-0.05, 0) is 25.7 Å². The average molecular weight is 311 g/mol. The molecule has 7 heteroatoms. The minimum absolute atomic E-state index is 0.238. The summed E-state index contributed by atoms with van der Waals surface area (Å²) in [5.74, 6) is -3.88. The minimum Gasteiger partial charge on any atom is -0.481 e. The van der Waals surface area contributed by atoms with Gasteiger partial charge in [-0.25, -0.2) is 4.79 Å². The molecule has 4 N–H and O–H groups in total. The molecule has 1 aliphatic rings. The number of carboxylic acids is 3. The molecule has 0 radical (unpaired) electrons. The van der Waals surface area contributed by atoms with Crippen molar-refractivity contribution in [3.8, 4) is 0 Å². The normalized spacial score (nSPS) is 25.0. The molecule has 1 heterocycles. The van der Waals surface area contributed by atoms with Crippen LogP contribution >= 0.6 is 0 Å². The number of rotatable bonds is 8. The number of aliphatic carboxylic acids is 3. The van der Waals surface area contributed by atoms with Crippen molar-refractivity contribution in [3.63, 3.8) is 0 Å². The van der Waals surface area contributed by atoms with Gasteiger partial charge in [-0.15, -0.1) is 0 Å². The van der Waals surface area contributed by atoms with Crippen LogP contribution in [0.2, 0.25) is 0 Å². The fourth-order valence-corrected chi connectivity index (χ4v) is 2.72. The predicted molar refractivity (Wildman–Crippen MR) is 78.4 cm³/mol. The third-order valence-electron chi connectivity index (χ3n) is 3.96. The maximum Gasteiger partial charge on any atom is 0.330 e. The Morgan fingerprint density at radius 3 is 2.41 bits per heavy atom. The highest BCUT2D eigenvalue weighted by atomic mass is 16.4. The highest BCUT2D eigenvalue weighted by Gasteiger charge is 2.41. The van der Waals surface area contributed by atoms with E-state index in [1.807, 2.05) is 0 Å². The number of carboxylic acid groups (broad SMARTS) is 3. The van der Waals surface area contributed by atoms with Gasteiger partial charge in [-0.2, -0.15) is 0 Å². The lowest BCUT2D eigenvalue weighted by molar-refractivity contribution is -0.142. The van der Waals surface area contributed by atoms with Crippen molar-refractivity contribution in [1.82, 2.24) is 5.32 Å². The molecular formula is C15H21NO6. The Hall–Kier alpha value is -2.15. The van der Waals surface area contributed by atoms with Gasteiger partial charge in [-0.1, -0.05) is 18.2 Å². The zero-order valence-corrected chi connectivity index (χ0v) is 12.4. The van der Waals surface area contributed by atoms with Gasteiger partial charge in [0.2, 0.25) is 0 Å². The van der Waals surface area contributed by atoms with Gasteiger partial charge in [0.05, 0.1) is 6.42 Å². The monoisotopic (exact) mass is 311 g/mol. The molecule has 3 atom stereocenters. The molecule has 0 saturated carbocycles. The molecule has 22 heavy (non-hydrogen) atoms. The van der Waals surface area contributed by atoms with E-state index in [1.54, 1.807) is 6.08 Å². The van der Waals surface area contributed by atoms with Crippen molar-refractivity contribution >= 4 is 17.9 Å². The maximum atomic E-state index is 11.2. The van der Waals surface area contributed by atoms with Crippen LogP contribution in [0.25, 0.3) is 0 Å². The van der Waals surface area contributed by atoms with Crippen LogP contribution in [0.15, 0.2) is 23.8 Å². The molecule has 1 saturated heterocycles. The van der Waals surface area contributed by atoms with E-state index in [4.69, 9.17) is 15.3 Å². The summed E-state index contributed by atoms with van der Waals surface area (Å²) in [5.41, 5.74) is 0.986. The molecule has 1 aliphatic heterocycles. The summed E-state index contributed by atoms with van der Waals surface area (Å²) in [7, 11) is 0. The molecule has 1 fully saturated rings. The van der Waals surface area contributed by atoms with Crippen molar-refractivity contribution in [1.29, 1.82) is 0 Å². The predicted octanol–water partition coefficient (Wildman–Crippen LogP) is 1.12. The second kappa shape index (κ2) is 7.74. The quantitative estimate of drug-likeness (QED) is 0.391. The van der Waals surface area contributed by atoms with Gasteiger partial charge < -0.3 is 20.6 Å². The maximum absolute atomic E-state index is 11.2. The number of hydrogen-bond acceptors (Lipinski definition) is 4. The highest BCUT2D eigenvalue weighted by Crippen LogP contribution is 2.33. The number of nitrogens with one attached hydrogen (secondary N) is 1. The molecule has 0 aromatic carbocycles. The molecule has 0 amide bonds. The van der Waals surface area contributed by atoms with Crippen LogP contribution in [0.4, 0.5) is 0 Å². The lowest BCUT2D eigenvalue weighted by Crippen LogP contribution is -2.36. The average Bonchev–Trinajstić information content (AvgIpc) is 2.81. The van der Waals surface area contributed by atoms with Crippen LogP contribution in [0.1, 0.15) is 26.2 Å². The molecule has 3 unspecified atom stereocenters. The van der Waals surface area contributed by atoms with Gasteiger partial charge in [0, 0.05) is 18.0 Å². The molecule has 0 aromatic rings. The summed E-state index contributed by atoms with van der Waals surface area (Å²) in [5, 5.41) is 29.7. The first-order valence-electron chi connectivity index (χ1n) is 6.99. The van der Waals surface area contributed by atoms with Crippen LogP contribution in [0, 0.1) is 11.8 Å². The zero-order valence-electron chi connectivity index (χ0n) is 12.4. The standard InChI is InChI=1S/C15H21NO6/c1-8(4-3-5-9(2)14(19)20)11-7-16-13(15(21)22)10(11)6-12(17)18/h5,10-11,13,16H,1,3-4,6-7H2,2H3,(H,17,18)(H,19,20)(H,21,22). The largest absolute Gasteiger partial charge is 0.481 e. The van der Waals surface area contributed by atoms with Gasteiger partial charge in [0.15, 0.2) is 0 Å². The van der Waals surface area contributed by atoms with Crippen LogP contribution in [0.5, 0.6) is 0 Å². The molecule has 122 valence electrons. The summed E-state index contributed by atoms with van der Waals surface area (Å²) >= 11 is 0. The van der Waals surface area contributed by atoms with Crippen LogP contribution in [-0.4, -0.2) is 45.8 Å². The van der Waals surface area contributed by atoms with Crippen molar-refractivity contribution in [2.75, 3.05) is 6.54 Å². The Morgan fingerprint density at radius 1 is 1.27 bits per heavy atom. The van der Waals surface area contributed by atoms with E-state index in [2.05, 4.69) is 11.9 Å². The lowest BCUT2D eigenvalue weighted by Gasteiger charge is -2.21. The Labute approximate surface area is 128 Å². The molecule has 0 bridgehead atoms. The Kier molecular flexibility index (Phi) is 6.30. The van der Waals surface area contributed by atoms with Crippen LogP contribution in [-0.2, 0) is 14.4 Å². The second-order valence-electron chi connectivity index (χ2n) is 5.48. The minimum atomic E-state index is -1.07. The van der Waals surface area contributed by atoms with E-state index in [0.717, 1.165) is 5.57 Å². The zero-order chi connectivity index (χ0) is 16.9. The number of hydrogen-bond donors (Lipinski definition) is 4. The topological polar surface area (TPSA) is 124 Å². The first-order valence-corrected chi connectivity index (χ1v) is 6.99. The van der Waals surface area contributed by atoms with Crippen molar-refractivity contribution < 1.29 is 29.7 Å². The first kappa shape index (κ1) is 17.9. The van der Waals surface area contributed by atoms with E-state index in [9.17, 15) is 14.4 Å².